The molecule has 0 saturated carbocycles. The molecular weight excluding hydrogens is 339 g/mol. The van der Waals surface area contributed by atoms with Gasteiger partial charge in [-0.05, 0) is 41.5 Å². The van der Waals surface area contributed by atoms with Crippen molar-refractivity contribution in [2.75, 3.05) is 5.32 Å². The van der Waals surface area contributed by atoms with E-state index >= 15 is 0 Å². The molecule has 0 fully saturated rings. The summed E-state index contributed by atoms with van der Waals surface area (Å²) in [4.78, 5) is 17.3. The van der Waals surface area contributed by atoms with Gasteiger partial charge in [-0.3, -0.25) is 9.78 Å². The molecule has 5 rings (SSSR count). The zero-order valence-electron chi connectivity index (χ0n) is 14.3. The molecule has 4 heteroatoms. The number of anilines is 1. The fourth-order valence-corrected chi connectivity index (χ4v) is 3.66. The summed E-state index contributed by atoms with van der Waals surface area (Å²) >= 11 is 0. The number of amides is 1. The Morgan fingerprint density at radius 1 is 0.889 bits per heavy atom. The Morgan fingerprint density at radius 3 is 2.59 bits per heavy atom. The van der Waals surface area contributed by atoms with Crippen molar-refractivity contribution in [2.45, 2.75) is 5.92 Å². The summed E-state index contributed by atoms with van der Waals surface area (Å²) in [7, 11) is 0. The highest BCUT2D eigenvalue weighted by Crippen LogP contribution is 2.39. The van der Waals surface area contributed by atoms with E-state index in [2.05, 4.69) is 5.32 Å². The number of pyridine rings is 1. The Hall–Kier alpha value is -3.53. The number of aromatic nitrogens is 1. The van der Waals surface area contributed by atoms with Crippen molar-refractivity contribution in [3.05, 3.63) is 95.9 Å². The Bertz CT molecular complexity index is 1200. The maximum atomic E-state index is 14.2. The number of carbonyl (C=O) groups is 1. The van der Waals surface area contributed by atoms with Crippen LogP contribution in [-0.2, 0) is 4.79 Å². The second-order valence-electron chi connectivity index (χ2n) is 6.63. The fraction of sp³-hybridized carbons (Fsp3) is 0.0435. The molecule has 0 bridgehead atoms. The van der Waals surface area contributed by atoms with Crippen LogP contribution in [0, 0.1) is 5.82 Å². The number of hydrogen-bond acceptors (Lipinski definition) is 2. The number of nitrogens with zero attached hydrogens (tertiary/aromatic N) is 1. The molecule has 1 aliphatic heterocycles. The Kier molecular flexibility index (Phi) is 3.50. The van der Waals surface area contributed by atoms with Crippen LogP contribution in [0.15, 0.2) is 78.9 Å². The summed E-state index contributed by atoms with van der Waals surface area (Å²) in [5, 5.41) is 3.94. The second-order valence-corrected chi connectivity index (χ2v) is 6.63. The number of hydrogen-bond donors (Lipinski definition) is 1. The van der Waals surface area contributed by atoms with Gasteiger partial charge in [-0.1, -0.05) is 48.5 Å². The number of halogens is 1. The molecular formula is C23H15FN2O. The minimum atomic E-state index is -0.503. The first-order valence-corrected chi connectivity index (χ1v) is 8.76. The van der Waals surface area contributed by atoms with Crippen LogP contribution in [0.4, 0.5) is 10.1 Å². The molecule has 1 amide bonds. The van der Waals surface area contributed by atoms with Crippen molar-refractivity contribution in [3.63, 3.8) is 0 Å². The number of fused-ring (bicyclic) bond motifs is 2. The molecule has 1 N–H and O–H groups in total. The smallest absolute Gasteiger partial charge is 0.238 e. The Labute approximate surface area is 155 Å². The first-order valence-electron chi connectivity index (χ1n) is 8.76. The van der Waals surface area contributed by atoms with E-state index in [0.29, 0.717) is 11.3 Å². The van der Waals surface area contributed by atoms with E-state index < -0.39 is 5.92 Å². The van der Waals surface area contributed by atoms with Crippen LogP contribution in [0.5, 0.6) is 0 Å². The number of nitrogens with one attached hydrogen (secondary N) is 1. The zero-order chi connectivity index (χ0) is 18.4. The lowest BCUT2D eigenvalue weighted by Gasteiger charge is -2.11. The van der Waals surface area contributed by atoms with E-state index in [-0.39, 0.29) is 11.7 Å². The number of benzene rings is 3. The minimum Gasteiger partial charge on any atom is -0.325 e. The van der Waals surface area contributed by atoms with Gasteiger partial charge in [0.1, 0.15) is 11.7 Å². The van der Waals surface area contributed by atoms with Crippen LogP contribution < -0.4 is 5.32 Å². The first-order chi connectivity index (χ1) is 13.2. The van der Waals surface area contributed by atoms with Crippen LogP contribution in [-0.4, -0.2) is 10.9 Å². The van der Waals surface area contributed by atoms with Crippen LogP contribution >= 0.6 is 0 Å². The van der Waals surface area contributed by atoms with Crippen LogP contribution in [0.25, 0.3) is 22.0 Å². The van der Waals surface area contributed by atoms with Crippen molar-refractivity contribution in [2.24, 2.45) is 0 Å². The van der Waals surface area contributed by atoms with Gasteiger partial charge in [0.2, 0.25) is 5.91 Å². The van der Waals surface area contributed by atoms with Gasteiger partial charge in [0, 0.05) is 16.6 Å². The minimum absolute atomic E-state index is 0.113. The van der Waals surface area contributed by atoms with Crippen molar-refractivity contribution in [1.29, 1.82) is 0 Å². The highest BCUT2D eigenvalue weighted by Gasteiger charge is 2.33. The molecule has 3 nitrogen and oxygen atoms in total. The lowest BCUT2D eigenvalue weighted by atomic mass is 9.93. The molecule has 0 saturated heterocycles. The van der Waals surface area contributed by atoms with Gasteiger partial charge in [0.05, 0.1) is 11.2 Å². The third-order valence-corrected chi connectivity index (χ3v) is 4.98. The van der Waals surface area contributed by atoms with E-state index in [1.54, 1.807) is 18.2 Å². The Balaban J connectivity index is 1.64. The molecule has 1 unspecified atom stereocenters. The van der Waals surface area contributed by atoms with Gasteiger partial charge >= 0.3 is 0 Å². The van der Waals surface area contributed by atoms with E-state index in [0.717, 1.165) is 27.7 Å². The SMILES string of the molecule is O=C1Nc2ccc(-c3ccccc3F)cc2C1c1ccc2ccccc2n1. The summed E-state index contributed by atoms with van der Waals surface area (Å²) in [6.07, 6.45) is 0. The summed E-state index contributed by atoms with van der Waals surface area (Å²) in [6, 6.07) is 23.9. The summed E-state index contributed by atoms with van der Waals surface area (Å²) < 4.78 is 14.2. The Morgan fingerprint density at radius 2 is 1.70 bits per heavy atom. The van der Waals surface area contributed by atoms with Gasteiger partial charge in [0.15, 0.2) is 0 Å². The summed E-state index contributed by atoms with van der Waals surface area (Å²) in [5.74, 6) is -0.898. The first kappa shape index (κ1) is 15.7. The lowest BCUT2D eigenvalue weighted by Crippen LogP contribution is -2.14. The molecule has 4 aromatic rings. The van der Waals surface area contributed by atoms with Crippen LogP contribution in [0.3, 0.4) is 0 Å². The predicted molar refractivity (Wildman–Crippen MR) is 104 cm³/mol. The van der Waals surface area contributed by atoms with E-state index in [4.69, 9.17) is 4.98 Å². The van der Waals surface area contributed by atoms with Gasteiger partial charge < -0.3 is 5.32 Å². The molecule has 0 spiro atoms. The fourth-order valence-electron chi connectivity index (χ4n) is 3.66. The highest BCUT2D eigenvalue weighted by atomic mass is 19.1. The quantitative estimate of drug-likeness (QED) is 0.542. The van der Waals surface area contributed by atoms with Crippen molar-refractivity contribution in [1.82, 2.24) is 4.98 Å². The van der Waals surface area contributed by atoms with Gasteiger partial charge in [-0.2, -0.15) is 0 Å². The highest BCUT2D eigenvalue weighted by molar-refractivity contribution is 6.05. The van der Waals surface area contributed by atoms with Gasteiger partial charge in [-0.25, -0.2) is 4.39 Å². The average Bonchev–Trinajstić information content (AvgIpc) is 3.03. The van der Waals surface area contributed by atoms with Crippen molar-refractivity contribution < 1.29 is 9.18 Å². The lowest BCUT2D eigenvalue weighted by molar-refractivity contribution is -0.116. The third kappa shape index (κ3) is 2.57. The largest absolute Gasteiger partial charge is 0.325 e. The average molecular weight is 354 g/mol. The van der Waals surface area contributed by atoms with Crippen molar-refractivity contribution >= 4 is 22.5 Å². The zero-order valence-corrected chi connectivity index (χ0v) is 14.3. The molecule has 0 aliphatic carbocycles. The van der Waals surface area contributed by atoms with Gasteiger partial charge in [0.25, 0.3) is 0 Å². The van der Waals surface area contributed by atoms with E-state index in [1.165, 1.54) is 6.07 Å². The van der Waals surface area contributed by atoms with Crippen LogP contribution in [0.1, 0.15) is 17.2 Å². The van der Waals surface area contributed by atoms with Crippen molar-refractivity contribution in [3.8, 4) is 11.1 Å². The molecule has 2 heterocycles. The standard InChI is InChI=1S/C23H15FN2O/c24-18-7-3-2-6-16(18)15-10-11-20-17(13-15)22(23(27)26-20)21-12-9-14-5-1-4-8-19(14)25-21/h1-13,22H,(H,26,27). The maximum Gasteiger partial charge on any atom is 0.238 e. The number of carbonyl (C=O) groups excluding carboxylic acids is 1. The molecule has 1 aromatic heterocycles. The molecule has 130 valence electrons. The van der Waals surface area contributed by atoms with Gasteiger partial charge in [-0.15, -0.1) is 0 Å². The predicted octanol–water partition coefficient (Wildman–Crippen LogP) is 5.12. The topological polar surface area (TPSA) is 42.0 Å². The second kappa shape index (κ2) is 6.02. The molecule has 3 aromatic carbocycles. The number of rotatable bonds is 2. The summed E-state index contributed by atoms with van der Waals surface area (Å²) in [6.45, 7) is 0. The maximum absolute atomic E-state index is 14.2. The summed E-state index contributed by atoms with van der Waals surface area (Å²) in [5.41, 5.74) is 4.37. The molecule has 1 aliphatic rings. The van der Waals surface area contributed by atoms with E-state index in [9.17, 15) is 9.18 Å². The normalized spacial score (nSPS) is 15.6. The molecule has 0 radical (unpaired) electrons. The monoisotopic (exact) mass is 354 g/mol. The molecule has 27 heavy (non-hydrogen) atoms. The third-order valence-electron chi connectivity index (χ3n) is 4.98. The van der Waals surface area contributed by atoms with E-state index in [1.807, 2.05) is 54.6 Å². The molecule has 1 atom stereocenters. The van der Waals surface area contributed by atoms with Crippen LogP contribution in [0.2, 0.25) is 0 Å². The number of para-hydroxylation sites is 1.